The Morgan fingerprint density at radius 1 is 0.853 bits per heavy atom. The number of hydrogen-bond donors (Lipinski definition) is 3. The number of nitrogens with one attached hydrogen (secondary N) is 3. The summed E-state index contributed by atoms with van der Waals surface area (Å²) >= 11 is 3.40. The van der Waals surface area contributed by atoms with Crippen molar-refractivity contribution in [3.05, 3.63) is 93.8 Å². The summed E-state index contributed by atoms with van der Waals surface area (Å²) < 4.78 is 15.5. The summed E-state index contributed by atoms with van der Waals surface area (Å²) in [7, 11) is 0. The number of halogens is 2. The third-order valence-corrected chi connectivity index (χ3v) is 5.71. The van der Waals surface area contributed by atoms with Crippen LogP contribution < -0.4 is 16.1 Å². The van der Waals surface area contributed by atoms with Crippen molar-refractivity contribution in [3.8, 4) is 0 Å². The average Bonchev–Trinajstić information content (AvgIpc) is 3.13. The Morgan fingerprint density at radius 2 is 1.56 bits per heavy atom. The van der Waals surface area contributed by atoms with E-state index in [1.807, 2.05) is 32.0 Å². The first kappa shape index (κ1) is 23.2. The second-order valence-corrected chi connectivity index (χ2v) is 8.61. The maximum atomic E-state index is 13.4. The minimum Gasteiger partial charge on any atom is -0.320 e. The van der Waals surface area contributed by atoms with Crippen LogP contribution in [0.2, 0.25) is 0 Å². The predicted molar refractivity (Wildman–Crippen MR) is 133 cm³/mol. The average molecular weight is 523 g/mol. The van der Waals surface area contributed by atoms with Crippen molar-refractivity contribution in [3.63, 3.8) is 0 Å². The zero-order valence-corrected chi connectivity index (χ0v) is 19.9. The largest absolute Gasteiger partial charge is 0.328 e. The molecule has 3 amide bonds. The smallest absolute Gasteiger partial charge is 0.320 e. The Balaban J connectivity index is 1.66. The fourth-order valence-electron chi connectivity index (χ4n) is 3.57. The van der Waals surface area contributed by atoms with Crippen LogP contribution in [0.4, 0.5) is 15.8 Å². The Kier molecular flexibility index (Phi) is 6.47. The summed E-state index contributed by atoms with van der Waals surface area (Å²) in [5.41, 5.74) is 5.70. The highest BCUT2D eigenvalue weighted by atomic mass is 79.9. The van der Waals surface area contributed by atoms with E-state index in [1.54, 1.807) is 24.3 Å². The molecule has 0 aliphatic rings. The summed E-state index contributed by atoms with van der Waals surface area (Å²) in [6, 6.07) is 17.7. The van der Waals surface area contributed by atoms with Gasteiger partial charge in [-0.05, 0) is 67.4 Å². The zero-order chi connectivity index (χ0) is 24.4. The lowest BCUT2D eigenvalue weighted by Gasteiger charge is -2.14. The molecule has 3 aromatic carbocycles. The van der Waals surface area contributed by atoms with Crippen LogP contribution in [0.25, 0.3) is 10.9 Å². The molecular weight excluding hydrogens is 503 g/mol. The van der Waals surface area contributed by atoms with Gasteiger partial charge in [0, 0.05) is 21.2 Å². The van der Waals surface area contributed by atoms with Crippen molar-refractivity contribution in [1.29, 1.82) is 0 Å². The molecule has 1 aromatic heterocycles. The number of benzene rings is 3. The summed E-state index contributed by atoms with van der Waals surface area (Å²) in [6.07, 6.45) is 0. The zero-order valence-electron chi connectivity index (χ0n) is 18.3. The second kappa shape index (κ2) is 9.48. The third kappa shape index (κ3) is 4.84. The van der Waals surface area contributed by atoms with Gasteiger partial charge < -0.3 is 10.6 Å². The van der Waals surface area contributed by atoms with Crippen LogP contribution in [0.1, 0.15) is 21.6 Å². The first-order chi connectivity index (χ1) is 16.2. The molecule has 4 aromatic rings. The van der Waals surface area contributed by atoms with E-state index in [-0.39, 0.29) is 11.4 Å². The van der Waals surface area contributed by atoms with Gasteiger partial charge in [0.2, 0.25) is 0 Å². The number of hydrogen-bond acceptors (Lipinski definition) is 3. The molecule has 0 aliphatic heterocycles. The normalized spacial score (nSPS) is 10.7. The molecule has 34 heavy (non-hydrogen) atoms. The minimum absolute atomic E-state index is 0.127. The highest BCUT2D eigenvalue weighted by Gasteiger charge is 2.22. The Morgan fingerprint density at radius 3 is 2.26 bits per heavy atom. The van der Waals surface area contributed by atoms with Gasteiger partial charge in [0.1, 0.15) is 11.5 Å². The number of aryl methyl sites for hydroxylation is 2. The van der Waals surface area contributed by atoms with Gasteiger partial charge in [-0.25, -0.2) is 9.07 Å². The topological polar surface area (TPSA) is 92.2 Å². The molecule has 0 bridgehead atoms. The Labute approximate surface area is 203 Å². The van der Waals surface area contributed by atoms with Crippen LogP contribution in [0.5, 0.6) is 0 Å². The van der Waals surface area contributed by atoms with Crippen LogP contribution in [0, 0.1) is 19.7 Å². The molecule has 1 heterocycles. The molecule has 0 atom stereocenters. The number of aromatic nitrogens is 1. The molecule has 0 fully saturated rings. The summed E-state index contributed by atoms with van der Waals surface area (Å²) in [5, 5.41) is 5.91. The molecule has 0 spiro atoms. The first-order valence-corrected chi connectivity index (χ1v) is 11.1. The van der Waals surface area contributed by atoms with Crippen LogP contribution in [-0.4, -0.2) is 22.4 Å². The monoisotopic (exact) mass is 522 g/mol. The number of amides is 3. The molecule has 0 unspecified atom stereocenters. The molecule has 0 aliphatic carbocycles. The quantitative estimate of drug-likeness (QED) is 0.325. The second-order valence-electron chi connectivity index (χ2n) is 7.69. The SMILES string of the molecule is Cc1cccc(C)c1NC(=O)c1cc2cc(Br)ccc2n1NC(=O)C(=O)Nc1cccc(F)c1. The fourth-order valence-corrected chi connectivity index (χ4v) is 3.95. The van der Waals surface area contributed by atoms with Crippen molar-refractivity contribution >= 4 is 55.9 Å². The van der Waals surface area contributed by atoms with Gasteiger partial charge in [-0.15, -0.1) is 0 Å². The van der Waals surface area contributed by atoms with Gasteiger partial charge in [-0.1, -0.05) is 40.2 Å². The van der Waals surface area contributed by atoms with E-state index in [0.29, 0.717) is 16.6 Å². The van der Waals surface area contributed by atoms with Gasteiger partial charge in [-0.3, -0.25) is 19.8 Å². The van der Waals surface area contributed by atoms with E-state index in [4.69, 9.17) is 0 Å². The highest BCUT2D eigenvalue weighted by molar-refractivity contribution is 9.10. The molecule has 0 saturated carbocycles. The molecule has 9 heteroatoms. The lowest BCUT2D eigenvalue weighted by molar-refractivity contribution is -0.133. The van der Waals surface area contributed by atoms with E-state index < -0.39 is 23.5 Å². The number of para-hydroxylation sites is 1. The Hall–Kier alpha value is -3.98. The lowest BCUT2D eigenvalue weighted by Crippen LogP contribution is -2.36. The standard InChI is InChI=1S/C25H20BrFN4O3/c1-14-5-3-6-15(2)22(14)29-23(32)21-12-16-11-17(26)9-10-20(16)31(21)30-25(34)24(33)28-19-8-4-7-18(27)13-19/h3-13H,1-2H3,(H,28,33)(H,29,32)(H,30,34). The number of nitrogens with zero attached hydrogens (tertiary/aromatic N) is 1. The van der Waals surface area contributed by atoms with Crippen molar-refractivity contribution in [1.82, 2.24) is 4.68 Å². The molecule has 172 valence electrons. The number of anilines is 2. The predicted octanol–water partition coefficient (Wildman–Crippen LogP) is 5.12. The number of carbonyl (C=O) groups excluding carboxylic acids is 3. The lowest BCUT2D eigenvalue weighted by atomic mass is 10.1. The highest BCUT2D eigenvalue weighted by Crippen LogP contribution is 2.25. The van der Waals surface area contributed by atoms with E-state index in [2.05, 4.69) is 32.0 Å². The van der Waals surface area contributed by atoms with Crippen molar-refractivity contribution in [2.24, 2.45) is 0 Å². The number of carbonyl (C=O) groups is 3. The van der Waals surface area contributed by atoms with E-state index in [9.17, 15) is 18.8 Å². The van der Waals surface area contributed by atoms with Crippen LogP contribution in [-0.2, 0) is 9.59 Å². The molecule has 7 nitrogen and oxygen atoms in total. The fraction of sp³-hybridized carbons (Fsp3) is 0.0800. The van der Waals surface area contributed by atoms with Gasteiger partial charge in [0.25, 0.3) is 5.91 Å². The van der Waals surface area contributed by atoms with E-state index in [1.165, 1.54) is 22.9 Å². The maximum absolute atomic E-state index is 13.4. The molecular formula is C25H20BrFN4O3. The van der Waals surface area contributed by atoms with E-state index in [0.717, 1.165) is 21.7 Å². The minimum atomic E-state index is -1.02. The van der Waals surface area contributed by atoms with Gasteiger partial charge in [0.15, 0.2) is 0 Å². The summed E-state index contributed by atoms with van der Waals surface area (Å²) in [5.74, 6) is -3.04. The molecule has 0 saturated heterocycles. The maximum Gasteiger partial charge on any atom is 0.328 e. The van der Waals surface area contributed by atoms with Crippen LogP contribution >= 0.6 is 15.9 Å². The van der Waals surface area contributed by atoms with Crippen LogP contribution in [0.15, 0.2) is 71.2 Å². The van der Waals surface area contributed by atoms with Gasteiger partial charge in [0.05, 0.1) is 5.52 Å². The van der Waals surface area contributed by atoms with Crippen LogP contribution in [0.3, 0.4) is 0 Å². The first-order valence-electron chi connectivity index (χ1n) is 10.3. The number of fused-ring (bicyclic) bond motifs is 1. The van der Waals surface area contributed by atoms with Crippen molar-refractivity contribution in [2.75, 3.05) is 16.1 Å². The number of rotatable bonds is 4. The van der Waals surface area contributed by atoms with Crippen molar-refractivity contribution in [2.45, 2.75) is 13.8 Å². The van der Waals surface area contributed by atoms with Crippen molar-refractivity contribution < 1.29 is 18.8 Å². The summed E-state index contributed by atoms with van der Waals surface area (Å²) in [4.78, 5) is 38.3. The van der Waals surface area contributed by atoms with Gasteiger partial charge in [-0.2, -0.15) is 0 Å². The third-order valence-electron chi connectivity index (χ3n) is 5.22. The van der Waals surface area contributed by atoms with E-state index >= 15 is 0 Å². The Bertz CT molecular complexity index is 1430. The molecule has 4 rings (SSSR count). The summed E-state index contributed by atoms with van der Waals surface area (Å²) in [6.45, 7) is 3.77. The van der Waals surface area contributed by atoms with Gasteiger partial charge >= 0.3 is 11.8 Å². The molecule has 3 N–H and O–H groups in total. The molecule has 0 radical (unpaired) electrons.